The highest BCUT2D eigenvalue weighted by Crippen LogP contribution is 2.30. The Kier molecular flexibility index (Phi) is 5.88. The molecule has 0 aliphatic rings. The zero-order valence-electron chi connectivity index (χ0n) is 16.3. The summed E-state index contributed by atoms with van der Waals surface area (Å²) in [5.41, 5.74) is 3.78. The van der Waals surface area contributed by atoms with Gasteiger partial charge < -0.3 is 14.8 Å². The van der Waals surface area contributed by atoms with E-state index in [1.165, 1.54) is 0 Å². The fourth-order valence-corrected chi connectivity index (χ4v) is 3.04. The third-order valence-corrected chi connectivity index (χ3v) is 4.52. The number of hydrogen-bond acceptors (Lipinski definition) is 6. The molecule has 0 radical (unpaired) electrons. The molecule has 1 aromatic heterocycles. The minimum atomic E-state index is -0.613. The lowest BCUT2D eigenvalue weighted by molar-refractivity contribution is -0.117. The van der Waals surface area contributed by atoms with Crippen molar-refractivity contribution >= 4 is 11.6 Å². The van der Waals surface area contributed by atoms with Crippen LogP contribution in [-0.2, 0) is 11.2 Å². The Labute approximate surface area is 163 Å². The van der Waals surface area contributed by atoms with Gasteiger partial charge in [-0.05, 0) is 49.6 Å². The second-order valence-corrected chi connectivity index (χ2v) is 6.52. The largest absolute Gasteiger partial charge is 0.493 e. The summed E-state index contributed by atoms with van der Waals surface area (Å²) in [5.74, 6) is 0.737. The van der Waals surface area contributed by atoms with Gasteiger partial charge in [0, 0.05) is 5.69 Å². The molecule has 1 heterocycles. The van der Waals surface area contributed by atoms with Crippen molar-refractivity contribution in [1.29, 1.82) is 0 Å². The minimum absolute atomic E-state index is 0.205. The van der Waals surface area contributed by atoms with Crippen molar-refractivity contribution in [1.82, 2.24) is 20.6 Å². The van der Waals surface area contributed by atoms with Crippen molar-refractivity contribution < 1.29 is 14.3 Å². The lowest BCUT2D eigenvalue weighted by atomic mass is 9.97. The van der Waals surface area contributed by atoms with Gasteiger partial charge in [-0.1, -0.05) is 29.0 Å². The molecule has 0 aliphatic carbocycles. The van der Waals surface area contributed by atoms with Crippen LogP contribution >= 0.6 is 0 Å². The molecule has 1 unspecified atom stereocenters. The Balaban J connectivity index is 1.86. The van der Waals surface area contributed by atoms with E-state index in [0.717, 1.165) is 22.4 Å². The first-order valence-electron chi connectivity index (χ1n) is 8.84. The van der Waals surface area contributed by atoms with Crippen LogP contribution in [-0.4, -0.2) is 40.8 Å². The first-order valence-corrected chi connectivity index (χ1v) is 8.84. The summed E-state index contributed by atoms with van der Waals surface area (Å²) >= 11 is 0. The number of aromatic amines is 1. The van der Waals surface area contributed by atoms with E-state index in [9.17, 15) is 4.79 Å². The van der Waals surface area contributed by atoms with Crippen molar-refractivity contribution in [2.45, 2.75) is 26.2 Å². The summed E-state index contributed by atoms with van der Waals surface area (Å²) in [6.45, 7) is 3.97. The molecule has 1 atom stereocenters. The number of ether oxygens (including phenoxy) is 2. The number of nitrogens with one attached hydrogen (secondary N) is 2. The van der Waals surface area contributed by atoms with Crippen molar-refractivity contribution in [2.75, 3.05) is 19.5 Å². The van der Waals surface area contributed by atoms with Gasteiger partial charge in [0.25, 0.3) is 0 Å². The van der Waals surface area contributed by atoms with E-state index < -0.39 is 5.92 Å². The SMILES string of the molecule is COc1ccc(CC(C(=O)Nc2ccc(C)cc2C)c2nn[nH]n2)cc1OC. The monoisotopic (exact) mass is 381 g/mol. The van der Waals surface area contributed by atoms with E-state index in [4.69, 9.17) is 9.47 Å². The third-order valence-electron chi connectivity index (χ3n) is 4.52. The molecule has 3 aromatic rings. The van der Waals surface area contributed by atoms with Crippen LogP contribution in [0.4, 0.5) is 5.69 Å². The Bertz CT molecular complexity index is 956. The molecule has 3 rings (SSSR count). The second-order valence-electron chi connectivity index (χ2n) is 6.52. The highest BCUT2D eigenvalue weighted by Gasteiger charge is 2.26. The molecule has 8 heteroatoms. The molecule has 1 amide bonds. The standard InChI is InChI=1S/C20H23N5O3/c1-12-5-7-16(13(2)9-12)21-20(26)15(19-22-24-25-23-19)10-14-6-8-17(27-3)18(11-14)28-4/h5-9,11,15H,10H2,1-4H3,(H,21,26)(H,22,23,24,25). The van der Waals surface area contributed by atoms with Gasteiger partial charge in [-0.3, -0.25) is 4.79 Å². The molecule has 0 fully saturated rings. The summed E-state index contributed by atoms with van der Waals surface area (Å²) in [5, 5.41) is 17.1. The summed E-state index contributed by atoms with van der Waals surface area (Å²) in [6.07, 6.45) is 0.386. The fourth-order valence-electron chi connectivity index (χ4n) is 3.04. The summed E-state index contributed by atoms with van der Waals surface area (Å²) in [7, 11) is 3.15. The van der Waals surface area contributed by atoms with Crippen LogP contribution in [0.25, 0.3) is 0 Å². The highest BCUT2D eigenvalue weighted by atomic mass is 16.5. The molecule has 0 bridgehead atoms. The number of aromatic nitrogens is 4. The Hall–Kier alpha value is -3.42. The molecule has 8 nitrogen and oxygen atoms in total. The van der Waals surface area contributed by atoms with Gasteiger partial charge in [0.05, 0.1) is 14.2 Å². The van der Waals surface area contributed by atoms with E-state index in [0.29, 0.717) is 23.7 Å². The highest BCUT2D eigenvalue weighted by molar-refractivity contribution is 5.96. The van der Waals surface area contributed by atoms with Crippen molar-refractivity contribution in [3.8, 4) is 11.5 Å². The Morgan fingerprint density at radius 3 is 2.54 bits per heavy atom. The number of aryl methyl sites for hydroxylation is 2. The predicted molar refractivity (Wildman–Crippen MR) is 105 cm³/mol. The average molecular weight is 381 g/mol. The lowest BCUT2D eigenvalue weighted by Gasteiger charge is -2.16. The van der Waals surface area contributed by atoms with Gasteiger partial charge in [0.1, 0.15) is 5.92 Å². The van der Waals surface area contributed by atoms with Crippen LogP contribution in [0.5, 0.6) is 11.5 Å². The second kappa shape index (κ2) is 8.51. The van der Waals surface area contributed by atoms with Gasteiger partial charge in [0.2, 0.25) is 5.91 Å². The Morgan fingerprint density at radius 1 is 1.11 bits per heavy atom. The van der Waals surface area contributed by atoms with Crippen LogP contribution < -0.4 is 14.8 Å². The molecule has 28 heavy (non-hydrogen) atoms. The van der Waals surface area contributed by atoms with Gasteiger partial charge in [0.15, 0.2) is 17.3 Å². The summed E-state index contributed by atoms with van der Waals surface area (Å²) in [6, 6.07) is 11.4. The first-order chi connectivity index (χ1) is 13.5. The van der Waals surface area contributed by atoms with Crippen molar-refractivity contribution in [3.05, 3.63) is 58.9 Å². The normalized spacial score (nSPS) is 11.7. The number of carbonyl (C=O) groups is 1. The summed E-state index contributed by atoms with van der Waals surface area (Å²) in [4.78, 5) is 13.0. The topological polar surface area (TPSA) is 102 Å². The van der Waals surface area contributed by atoms with Crippen LogP contribution in [0, 0.1) is 13.8 Å². The quantitative estimate of drug-likeness (QED) is 0.652. The number of tetrazole rings is 1. The lowest BCUT2D eigenvalue weighted by Crippen LogP contribution is -2.24. The van der Waals surface area contributed by atoms with Gasteiger partial charge in [-0.15, -0.1) is 10.2 Å². The third kappa shape index (κ3) is 4.28. The molecule has 2 aromatic carbocycles. The molecule has 2 N–H and O–H groups in total. The maximum absolute atomic E-state index is 13.0. The van der Waals surface area contributed by atoms with Crippen LogP contribution in [0.3, 0.4) is 0 Å². The Morgan fingerprint density at radius 2 is 1.89 bits per heavy atom. The fraction of sp³-hybridized carbons (Fsp3) is 0.300. The number of methoxy groups -OCH3 is 2. The van der Waals surface area contributed by atoms with Gasteiger partial charge >= 0.3 is 0 Å². The molecule has 0 saturated heterocycles. The van der Waals surface area contributed by atoms with E-state index in [-0.39, 0.29) is 5.91 Å². The maximum atomic E-state index is 13.0. The van der Waals surface area contributed by atoms with Crippen LogP contribution in [0.1, 0.15) is 28.4 Å². The molecule has 146 valence electrons. The molecule has 0 saturated carbocycles. The van der Waals surface area contributed by atoms with Gasteiger partial charge in [-0.2, -0.15) is 5.21 Å². The average Bonchev–Trinajstić information content (AvgIpc) is 3.22. The number of anilines is 1. The predicted octanol–water partition coefficient (Wildman–Crippen LogP) is 2.80. The summed E-state index contributed by atoms with van der Waals surface area (Å²) < 4.78 is 10.6. The van der Waals surface area contributed by atoms with E-state index in [2.05, 4.69) is 25.9 Å². The van der Waals surface area contributed by atoms with Crippen molar-refractivity contribution in [2.24, 2.45) is 0 Å². The molecule has 0 spiro atoms. The number of benzene rings is 2. The zero-order valence-corrected chi connectivity index (χ0v) is 16.3. The first kappa shape index (κ1) is 19.3. The number of nitrogens with zero attached hydrogens (tertiary/aromatic N) is 3. The van der Waals surface area contributed by atoms with Crippen LogP contribution in [0.15, 0.2) is 36.4 Å². The minimum Gasteiger partial charge on any atom is -0.493 e. The number of amides is 1. The van der Waals surface area contributed by atoms with Gasteiger partial charge in [-0.25, -0.2) is 0 Å². The maximum Gasteiger partial charge on any atom is 0.235 e. The van der Waals surface area contributed by atoms with Crippen molar-refractivity contribution in [3.63, 3.8) is 0 Å². The zero-order chi connectivity index (χ0) is 20.1. The molecule has 0 aliphatic heterocycles. The number of rotatable bonds is 7. The van der Waals surface area contributed by atoms with E-state index in [1.54, 1.807) is 14.2 Å². The number of H-pyrrole nitrogens is 1. The van der Waals surface area contributed by atoms with E-state index >= 15 is 0 Å². The van der Waals surface area contributed by atoms with E-state index in [1.807, 2.05) is 50.2 Å². The number of carbonyl (C=O) groups excluding carboxylic acids is 1. The number of hydrogen-bond donors (Lipinski definition) is 2. The smallest absolute Gasteiger partial charge is 0.235 e. The van der Waals surface area contributed by atoms with Crippen LogP contribution in [0.2, 0.25) is 0 Å². The molecular weight excluding hydrogens is 358 g/mol. The molecular formula is C20H23N5O3.